The summed E-state index contributed by atoms with van der Waals surface area (Å²) < 4.78 is 5.19. The number of hydrogen-bond donors (Lipinski definition) is 1. The number of carbonyl (C=O) groups is 1. The van der Waals surface area contributed by atoms with Gasteiger partial charge < -0.3 is 15.4 Å². The fraction of sp³-hybridized carbons (Fsp3) is 0.533. The molecule has 5 nitrogen and oxygen atoms in total. The van der Waals surface area contributed by atoms with Crippen LogP contribution in [0.15, 0.2) is 24.3 Å². The molecule has 0 spiro atoms. The van der Waals surface area contributed by atoms with Crippen molar-refractivity contribution in [2.24, 2.45) is 5.73 Å². The molecule has 2 aliphatic rings. The van der Waals surface area contributed by atoms with E-state index in [4.69, 9.17) is 10.5 Å². The standard InChI is InChI=1S/C15H21N3O2S/c16-10-14-11-18(15(19)20-14)13-4-2-12(3-5-13)17-6-1-8-21-9-7-17/h2-5,14H,1,6-11,16H2. The summed E-state index contributed by atoms with van der Waals surface area (Å²) in [5.41, 5.74) is 7.66. The second-order valence-electron chi connectivity index (χ2n) is 5.32. The fourth-order valence-corrected chi connectivity index (χ4v) is 3.59. The van der Waals surface area contributed by atoms with Gasteiger partial charge in [0.2, 0.25) is 0 Å². The molecule has 2 saturated heterocycles. The Bertz CT molecular complexity index is 486. The molecular formula is C15H21N3O2S. The molecule has 2 N–H and O–H groups in total. The van der Waals surface area contributed by atoms with E-state index in [-0.39, 0.29) is 12.2 Å². The second-order valence-corrected chi connectivity index (χ2v) is 6.55. The summed E-state index contributed by atoms with van der Waals surface area (Å²) in [5.74, 6) is 2.42. The lowest BCUT2D eigenvalue weighted by Gasteiger charge is -2.23. The van der Waals surface area contributed by atoms with Gasteiger partial charge in [-0.2, -0.15) is 11.8 Å². The number of thioether (sulfide) groups is 1. The van der Waals surface area contributed by atoms with E-state index < -0.39 is 0 Å². The number of carbonyl (C=O) groups excluding carboxylic acids is 1. The molecule has 1 aromatic carbocycles. The molecule has 114 valence electrons. The third-order valence-corrected chi connectivity index (χ3v) is 4.93. The third kappa shape index (κ3) is 3.27. The van der Waals surface area contributed by atoms with Gasteiger partial charge in [-0.15, -0.1) is 0 Å². The Morgan fingerprint density at radius 1 is 1.19 bits per heavy atom. The highest BCUT2D eigenvalue weighted by Crippen LogP contribution is 2.25. The smallest absolute Gasteiger partial charge is 0.414 e. The number of benzene rings is 1. The van der Waals surface area contributed by atoms with E-state index in [0.29, 0.717) is 13.1 Å². The minimum Gasteiger partial charge on any atom is -0.443 e. The largest absolute Gasteiger partial charge is 0.443 e. The van der Waals surface area contributed by atoms with E-state index in [1.54, 1.807) is 4.90 Å². The first-order valence-electron chi connectivity index (χ1n) is 7.39. The van der Waals surface area contributed by atoms with Crippen LogP contribution in [0.25, 0.3) is 0 Å². The highest BCUT2D eigenvalue weighted by Gasteiger charge is 2.31. The number of hydrogen-bond acceptors (Lipinski definition) is 5. The van der Waals surface area contributed by atoms with Gasteiger partial charge in [0.1, 0.15) is 6.10 Å². The van der Waals surface area contributed by atoms with Crippen molar-refractivity contribution in [3.05, 3.63) is 24.3 Å². The van der Waals surface area contributed by atoms with Crippen LogP contribution < -0.4 is 15.5 Å². The highest BCUT2D eigenvalue weighted by molar-refractivity contribution is 7.99. The summed E-state index contributed by atoms with van der Waals surface area (Å²) in [7, 11) is 0. The van der Waals surface area contributed by atoms with Crippen molar-refractivity contribution in [2.75, 3.05) is 47.5 Å². The maximum Gasteiger partial charge on any atom is 0.414 e. The summed E-state index contributed by atoms with van der Waals surface area (Å²) in [6.45, 7) is 3.10. The van der Waals surface area contributed by atoms with E-state index in [1.807, 2.05) is 23.9 Å². The second kappa shape index (κ2) is 6.58. The number of nitrogens with zero attached hydrogens (tertiary/aromatic N) is 2. The number of cyclic esters (lactones) is 1. The number of rotatable bonds is 3. The van der Waals surface area contributed by atoms with Crippen LogP contribution in [0.2, 0.25) is 0 Å². The van der Waals surface area contributed by atoms with Gasteiger partial charge in [0, 0.05) is 36.8 Å². The van der Waals surface area contributed by atoms with Crippen molar-refractivity contribution in [3.63, 3.8) is 0 Å². The Balaban J connectivity index is 1.70. The third-order valence-electron chi connectivity index (χ3n) is 3.89. The Labute approximate surface area is 129 Å². The molecular weight excluding hydrogens is 286 g/mol. The van der Waals surface area contributed by atoms with Crippen molar-refractivity contribution in [1.82, 2.24) is 0 Å². The molecule has 1 atom stereocenters. The van der Waals surface area contributed by atoms with Crippen molar-refractivity contribution in [3.8, 4) is 0 Å². The first kappa shape index (κ1) is 14.5. The van der Waals surface area contributed by atoms with Crippen molar-refractivity contribution < 1.29 is 9.53 Å². The van der Waals surface area contributed by atoms with Gasteiger partial charge in [-0.3, -0.25) is 4.90 Å². The number of nitrogens with two attached hydrogens (primary N) is 1. The van der Waals surface area contributed by atoms with E-state index in [0.717, 1.165) is 18.8 Å². The average molecular weight is 307 g/mol. The molecule has 1 unspecified atom stereocenters. The molecule has 0 bridgehead atoms. The molecule has 3 rings (SSSR count). The minimum absolute atomic E-state index is 0.195. The quantitative estimate of drug-likeness (QED) is 0.924. The minimum atomic E-state index is -0.302. The van der Waals surface area contributed by atoms with Crippen LogP contribution in [0, 0.1) is 0 Å². The van der Waals surface area contributed by atoms with Gasteiger partial charge in [-0.05, 0) is 36.4 Å². The molecule has 1 amide bonds. The lowest BCUT2D eigenvalue weighted by molar-refractivity contribution is 0.145. The maximum absolute atomic E-state index is 11.8. The van der Waals surface area contributed by atoms with E-state index in [9.17, 15) is 4.79 Å². The molecule has 21 heavy (non-hydrogen) atoms. The predicted molar refractivity (Wildman–Crippen MR) is 87.3 cm³/mol. The van der Waals surface area contributed by atoms with Gasteiger partial charge in [-0.25, -0.2) is 4.79 Å². The number of ether oxygens (including phenoxy) is 1. The van der Waals surface area contributed by atoms with E-state index in [2.05, 4.69) is 17.0 Å². The summed E-state index contributed by atoms with van der Waals surface area (Å²) in [6.07, 6.45) is 0.729. The summed E-state index contributed by atoms with van der Waals surface area (Å²) in [5, 5.41) is 0. The lowest BCUT2D eigenvalue weighted by atomic mass is 10.2. The van der Waals surface area contributed by atoms with Crippen LogP contribution >= 0.6 is 11.8 Å². The summed E-state index contributed by atoms with van der Waals surface area (Å²) >= 11 is 2.02. The molecule has 2 fully saturated rings. The Morgan fingerprint density at radius 3 is 2.67 bits per heavy atom. The van der Waals surface area contributed by atoms with Crippen LogP contribution in [-0.2, 0) is 4.74 Å². The Morgan fingerprint density at radius 2 is 1.95 bits per heavy atom. The van der Waals surface area contributed by atoms with Gasteiger partial charge >= 0.3 is 6.09 Å². The van der Waals surface area contributed by atoms with Crippen molar-refractivity contribution in [2.45, 2.75) is 12.5 Å². The van der Waals surface area contributed by atoms with Gasteiger partial charge in [0.15, 0.2) is 0 Å². The van der Waals surface area contributed by atoms with Crippen molar-refractivity contribution in [1.29, 1.82) is 0 Å². The molecule has 0 aromatic heterocycles. The van der Waals surface area contributed by atoms with Crippen LogP contribution in [0.1, 0.15) is 6.42 Å². The monoisotopic (exact) mass is 307 g/mol. The normalized spacial score (nSPS) is 23.1. The van der Waals surface area contributed by atoms with Crippen LogP contribution in [0.4, 0.5) is 16.2 Å². The zero-order chi connectivity index (χ0) is 14.7. The molecule has 0 aliphatic carbocycles. The van der Waals surface area contributed by atoms with Crippen molar-refractivity contribution >= 4 is 29.2 Å². The van der Waals surface area contributed by atoms with E-state index in [1.165, 1.54) is 23.6 Å². The number of anilines is 2. The highest BCUT2D eigenvalue weighted by atomic mass is 32.2. The molecule has 0 radical (unpaired) electrons. The number of amides is 1. The molecule has 2 aliphatic heterocycles. The zero-order valence-electron chi connectivity index (χ0n) is 12.0. The first-order valence-corrected chi connectivity index (χ1v) is 8.54. The Kier molecular flexibility index (Phi) is 4.55. The SMILES string of the molecule is NCC1CN(c2ccc(N3CCCSCC3)cc2)C(=O)O1. The van der Waals surface area contributed by atoms with Gasteiger partial charge in [-0.1, -0.05) is 0 Å². The molecule has 2 heterocycles. The fourth-order valence-electron chi connectivity index (χ4n) is 2.70. The summed E-state index contributed by atoms with van der Waals surface area (Å²) in [6, 6.07) is 8.17. The lowest BCUT2D eigenvalue weighted by Crippen LogP contribution is -2.28. The van der Waals surface area contributed by atoms with Crippen LogP contribution in [-0.4, -0.2) is 49.9 Å². The zero-order valence-corrected chi connectivity index (χ0v) is 12.8. The molecule has 0 saturated carbocycles. The predicted octanol–water partition coefficient (Wildman–Crippen LogP) is 1.91. The van der Waals surface area contributed by atoms with E-state index >= 15 is 0 Å². The topological polar surface area (TPSA) is 58.8 Å². The molecule has 1 aromatic rings. The van der Waals surface area contributed by atoms with Crippen LogP contribution in [0.5, 0.6) is 0 Å². The van der Waals surface area contributed by atoms with Gasteiger partial charge in [0.25, 0.3) is 0 Å². The maximum atomic E-state index is 11.8. The first-order chi connectivity index (χ1) is 10.3. The average Bonchev–Trinajstić information content (AvgIpc) is 2.73. The molecule has 6 heteroatoms. The summed E-state index contributed by atoms with van der Waals surface area (Å²) in [4.78, 5) is 15.9. The van der Waals surface area contributed by atoms with Gasteiger partial charge in [0.05, 0.1) is 6.54 Å². The Hall–Kier alpha value is -1.40. The van der Waals surface area contributed by atoms with Crippen LogP contribution in [0.3, 0.4) is 0 Å².